The van der Waals surface area contributed by atoms with Crippen LogP contribution >= 0.6 is 24.0 Å². The minimum absolute atomic E-state index is 0. The first kappa shape index (κ1) is 12.2. The summed E-state index contributed by atoms with van der Waals surface area (Å²) in [5, 5.41) is 0. The molecule has 0 aliphatic heterocycles. The fraction of sp³-hybridized carbons (Fsp3) is 0.750. The van der Waals surface area contributed by atoms with E-state index in [1.807, 2.05) is 0 Å². The summed E-state index contributed by atoms with van der Waals surface area (Å²) in [6.45, 7) is 4.39. The number of halogens is 1. The van der Waals surface area contributed by atoms with E-state index in [4.69, 9.17) is 0 Å². The predicted molar refractivity (Wildman–Crippen MR) is 54.4 cm³/mol. The van der Waals surface area contributed by atoms with Gasteiger partial charge in [0.2, 0.25) is 0 Å². The molecule has 0 aromatic heterocycles. The molecule has 56 valence electrons. The molecule has 0 unspecified atom stereocenters. The van der Waals surface area contributed by atoms with Crippen LogP contribution in [0.3, 0.4) is 0 Å². The fourth-order valence-electron chi connectivity index (χ4n) is 0.606. The molecule has 0 amide bonds. The number of rotatable bonds is 4. The van der Waals surface area contributed by atoms with Gasteiger partial charge in [-0.05, 0) is 12.8 Å². The highest BCUT2D eigenvalue weighted by molar-refractivity contribution is 14.0. The van der Waals surface area contributed by atoms with Gasteiger partial charge < -0.3 is 0 Å². The third-order valence-electron chi connectivity index (χ3n) is 1.13. The van der Waals surface area contributed by atoms with Crippen LogP contribution in [0.4, 0.5) is 0 Å². The Morgan fingerprint density at radius 3 is 2.22 bits per heavy atom. The lowest BCUT2D eigenvalue weighted by Crippen LogP contribution is -1.65. The highest BCUT2D eigenvalue weighted by Gasteiger charge is 1.74. The van der Waals surface area contributed by atoms with Gasteiger partial charge in [-0.3, -0.25) is 0 Å². The normalized spacial score (nSPS) is 9.56. The first-order valence-corrected chi connectivity index (χ1v) is 3.56. The molecule has 0 aliphatic carbocycles. The lowest BCUT2D eigenvalue weighted by Gasteiger charge is -1.85. The smallest absolute Gasteiger partial charge is 0.0351 e. The zero-order chi connectivity index (χ0) is 6.24. The molecule has 0 saturated heterocycles. The summed E-state index contributed by atoms with van der Waals surface area (Å²) in [5.41, 5.74) is 0. The Morgan fingerprint density at radius 2 is 1.78 bits per heavy atom. The molecule has 0 saturated carbocycles. The van der Waals surface area contributed by atoms with Gasteiger partial charge >= 0.3 is 0 Å². The molecule has 0 aliphatic rings. The van der Waals surface area contributed by atoms with E-state index in [2.05, 4.69) is 26.0 Å². The van der Waals surface area contributed by atoms with E-state index in [9.17, 15) is 0 Å². The van der Waals surface area contributed by atoms with Crippen LogP contribution in [0, 0.1) is 0 Å². The average Bonchev–Trinajstić information content (AvgIpc) is 1.81. The van der Waals surface area contributed by atoms with E-state index in [-0.39, 0.29) is 24.0 Å². The van der Waals surface area contributed by atoms with Crippen LogP contribution in [0.2, 0.25) is 0 Å². The van der Waals surface area contributed by atoms with Gasteiger partial charge in [0, 0.05) is 0 Å². The minimum Gasteiger partial charge on any atom is -0.107 e. The molecule has 0 nitrogen and oxygen atoms in total. The van der Waals surface area contributed by atoms with Gasteiger partial charge in [0.05, 0.1) is 0 Å². The standard InChI is InChI=1S/C8H16.HI/c1-3-5-7-8-6-4-2;/h5,7H,3-4,6,8H2,1-2H3;1H. The quantitative estimate of drug-likeness (QED) is 0.398. The maximum atomic E-state index is 2.27. The largest absolute Gasteiger partial charge is 0.107 e. The second-order valence-electron chi connectivity index (χ2n) is 2.02. The van der Waals surface area contributed by atoms with E-state index in [0.717, 1.165) is 0 Å². The van der Waals surface area contributed by atoms with Gasteiger partial charge in [-0.25, -0.2) is 0 Å². The summed E-state index contributed by atoms with van der Waals surface area (Å²) in [7, 11) is 0. The molecule has 9 heavy (non-hydrogen) atoms. The Bertz CT molecular complexity index is 57.6. The van der Waals surface area contributed by atoms with Crippen molar-refractivity contribution in [1.29, 1.82) is 0 Å². The van der Waals surface area contributed by atoms with E-state index in [0.29, 0.717) is 0 Å². The van der Waals surface area contributed by atoms with Gasteiger partial charge in [0.25, 0.3) is 0 Å². The Morgan fingerprint density at radius 1 is 1.11 bits per heavy atom. The number of unbranched alkanes of at least 4 members (excludes halogenated alkanes) is 2. The van der Waals surface area contributed by atoms with Crippen molar-refractivity contribution in [2.45, 2.75) is 39.5 Å². The highest BCUT2D eigenvalue weighted by Crippen LogP contribution is 1.94. The van der Waals surface area contributed by atoms with Crippen molar-refractivity contribution in [3.8, 4) is 0 Å². The van der Waals surface area contributed by atoms with Crippen LogP contribution in [0.5, 0.6) is 0 Å². The van der Waals surface area contributed by atoms with Crippen LogP contribution in [0.25, 0.3) is 0 Å². The summed E-state index contributed by atoms with van der Waals surface area (Å²) in [5.74, 6) is 0. The second kappa shape index (κ2) is 11.3. The minimum atomic E-state index is 0. The first-order valence-electron chi connectivity index (χ1n) is 3.56. The monoisotopic (exact) mass is 240 g/mol. The lowest BCUT2D eigenvalue weighted by atomic mass is 10.2. The topological polar surface area (TPSA) is 0 Å². The Labute approximate surface area is 75.7 Å². The predicted octanol–water partition coefficient (Wildman–Crippen LogP) is 3.76. The first-order chi connectivity index (χ1) is 3.91. The van der Waals surface area contributed by atoms with Crippen LogP contribution in [-0.2, 0) is 0 Å². The molecule has 1 heteroatoms. The lowest BCUT2D eigenvalue weighted by molar-refractivity contribution is 0.812. The molecule has 0 N–H and O–H groups in total. The average molecular weight is 240 g/mol. The Kier molecular flexibility index (Phi) is 15.3. The molecule has 0 aromatic carbocycles. The fourth-order valence-corrected chi connectivity index (χ4v) is 0.606. The summed E-state index contributed by atoms with van der Waals surface area (Å²) < 4.78 is 0. The molecular formula is C8H17I. The van der Waals surface area contributed by atoms with Crippen molar-refractivity contribution < 1.29 is 0 Å². The molecule has 0 radical (unpaired) electrons. The van der Waals surface area contributed by atoms with Crippen molar-refractivity contribution in [3.63, 3.8) is 0 Å². The maximum Gasteiger partial charge on any atom is -0.0351 e. The van der Waals surface area contributed by atoms with Gasteiger partial charge in [-0.15, -0.1) is 24.0 Å². The number of allylic oxidation sites excluding steroid dienone is 2. The molecule has 0 rings (SSSR count). The molecule has 0 atom stereocenters. The molecular weight excluding hydrogens is 223 g/mol. The summed E-state index contributed by atoms with van der Waals surface area (Å²) in [6.07, 6.45) is 9.61. The van der Waals surface area contributed by atoms with Gasteiger partial charge in [0.15, 0.2) is 0 Å². The van der Waals surface area contributed by atoms with Crippen molar-refractivity contribution in [2.24, 2.45) is 0 Å². The highest BCUT2D eigenvalue weighted by atomic mass is 127. The van der Waals surface area contributed by atoms with Crippen LogP contribution in [-0.4, -0.2) is 0 Å². The van der Waals surface area contributed by atoms with Crippen molar-refractivity contribution >= 4 is 24.0 Å². The van der Waals surface area contributed by atoms with Gasteiger partial charge in [-0.1, -0.05) is 38.8 Å². The molecule has 0 fully saturated rings. The van der Waals surface area contributed by atoms with Crippen molar-refractivity contribution in [1.82, 2.24) is 0 Å². The molecule has 0 bridgehead atoms. The third kappa shape index (κ3) is 11.8. The van der Waals surface area contributed by atoms with Crippen LogP contribution in [0.15, 0.2) is 12.2 Å². The summed E-state index contributed by atoms with van der Waals surface area (Å²) in [6, 6.07) is 0. The SMILES string of the molecule is CCC=CCCCC.I. The Balaban J connectivity index is 0. The summed E-state index contributed by atoms with van der Waals surface area (Å²) in [4.78, 5) is 0. The van der Waals surface area contributed by atoms with Gasteiger partial charge in [0.1, 0.15) is 0 Å². The van der Waals surface area contributed by atoms with E-state index in [1.54, 1.807) is 0 Å². The van der Waals surface area contributed by atoms with Gasteiger partial charge in [-0.2, -0.15) is 0 Å². The van der Waals surface area contributed by atoms with Crippen LogP contribution in [0.1, 0.15) is 39.5 Å². The Hall–Kier alpha value is 0.470. The molecule has 0 heterocycles. The summed E-state index contributed by atoms with van der Waals surface area (Å²) >= 11 is 0. The van der Waals surface area contributed by atoms with Crippen molar-refractivity contribution in [3.05, 3.63) is 12.2 Å². The van der Waals surface area contributed by atoms with E-state index < -0.39 is 0 Å². The van der Waals surface area contributed by atoms with Crippen LogP contribution < -0.4 is 0 Å². The second-order valence-corrected chi connectivity index (χ2v) is 2.02. The zero-order valence-electron chi connectivity index (χ0n) is 6.39. The van der Waals surface area contributed by atoms with E-state index >= 15 is 0 Å². The maximum absolute atomic E-state index is 2.27. The van der Waals surface area contributed by atoms with Crippen molar-refractivity contribution in [2.75, 3.05) is 0 Å². The third-order valence-corrected chi connectivity index (χ3v) is 1.13. The molecule has 0 spiro atoms. The zero-order valence-corrected chi connectivity index (χ0v) is 8.72. The number of hydrogen-bond acceptors (Lipinski definition) is 0. The number of hydrogen-bond donors (Lipinski definition) is 0. The molecule has 0 aromatic rings. The van der Waals surface area contributed by atoms with E-state index in [1.165, 1.54) is 25.7 Å².